The smallest absolute Gasteiger partial charge is 0.243 e. The third-order valence-corrected chi connectivity index (χ3v) is 8.08. The van der Waals surface area contributed by atoms with E-state index in [9.17, 15) is 8.42 Å². The number of hydrogen-bond acceptors (Lipinski definition) is 3. The molecule has 0 bridgehead atoms. The molecule has 0 spiro atoms. The molecular weight excluding hydrogens is 416 g/mol. The summed E-state index contributed by atoms with van der Waals surface area (Å²) in [6.07, 6.45) is 0.712. The van der Waals surface area contributed by atoms with Gasteiger partial charge < -0.3 is 4.90 Å². The minimum Gasteiger partial charge on any atom is -0.378 e. The summed E-state index contributed by atoms with van der Waals surface area (Å²) in [5, 5.41) is 1.98. The van der Waals surface area contributed by atoms with E-state index in [0.29, 0.717) is 24.4 Å². The fourth-order valence-electron chi connectivity index (χ4n) is 4.35. The maximum Gasteiger partial charge on any atom is 0.243 e. The Bertz CT molecular complexity index is 1410. The monoisotopic (exact) mass is 442 g/mol. The van der Waals surface area contributed by atoms with Crippen LogP contribution in [0.15, 0.2) is 89.8 Å². The fraction of sp³-hybridized carbons (Fsp3) is 0.185. The van der Waals surface area contributed by atoms with Gasteiger partial charge in [0.05, 0.1) is 4.90 Å². The topological polar surface area (TPSA) is 40.6 Å². The van der Waals surface area contributed by atoms with Crippen molar-refractivity contribution in [1.82, 2.24) is 4.31 Å². The molecule has 4 aromatic rings. The summed E-state index contributed by atoms with van der Waals surface area (Å²) in [5.41, 5.74) is 5.80. The normalized spacial score (nSPS) is 14.3. The lowest BCUT2D eigenvalue weighted by Crippen LogP contribution is -2.35. The van der Waals surface area contributed by atoms with E-state index in [4.69, 9.17) is 0 Å². The zero-order chi connectivity index (χ0) is 22.3. The van der Waals surface area contributed by atoms with Gasteiger partial charge in [-0.1, -0.05) is 60.7 Å². The highest BCUT2D eigenvalue weighted by Crippen LogP contribution is 2.31. The second-order valence-electron chi connectivity index (χ2n) is 8.53. The number of nitrogens with zero attached hydrogens (tertiary/aromatic N) is 2. The predicted octanol–water partition coefficient (Wildman–Crippen LogP) is 5.32. The van der Waals surface area contributed by atoms with Gasteiger partial charge in [0, 0.05) is 32.9 Å². The summed E-state index contributed by atoms with van der Waals surface area (Å²) in [6.45, 7) is 0.895. The number of sulfonamides is 1. The molecule has 0 saturated heterocycles. The number of benzene rings is 4. The number of fused-ring (bicyclic) bond motifs is 2. The second kappa shape index (κ2) is 8.08. The molecule has 0 amide bonds. The minimum absolute atomic E-state index is 0.358. The highest BCUT2D eigenvalue weighted by Gasteiger charge is 2.28. The Morgan fingerprint density at radius 3 is 2.34 bits per heavy atom. The number of rotatable bonds is 4. The summed E-state index contributed by atoms with van der Waals surface area (Å²) < 4.78 is 28.3. The highest BCUT2D eigenvalue weighted by atomic mass is 32.2. The number of anilines is 1. The molecule has 0 fully saturated rings. The molecule has 0 unspecified atom stereocenters. The van der Waals surface area contributed by atoms with E-state index in [1.807, 2.05) is 44.4 Å². The largest absolute Gasteiger partial charge is 0.378 e. The van der Waals surface area contributed by atoms with Crippen molar-refractivity contribution >= 4 is 26.5 Å². The molecule has 0 saturated carbocycles. The third-order valence-electron chi connectivity index (χ3n) is 6.24. The van der Waals surface area contributed by atoms with Gasteiger partial charge in [-0.05, 0) is 63.7 Å². The lowest BCUT2D eigenvalue weighted by Gasteiger charge is -2.28. The van der Waals surface area contributed by atoms with Crippen molar-refractivity contribution in [3.8, 4) is 11.1 Å². The van der Waals surface area contributed by atoms with Crippen molar-refractivity contribution in [3.05, 3.63) is 96.1 Å². The van der Waals surface area contributed by atoms with E-state index in [1.54, 1.807) is 16.4 Å². The molecule has 1 heterocycles. The Kier molecular flexibility index (Phi) is 5.24. The Morgan fingerprint density at radius 2 is 1.53 bits per heavy atom. The average molecular weight is 443 g/mol. The van der Waals surface area contributed by atoms with Crippen LogP contribution in [0, 0.1) is 0 Å². The molecule has 4 nitrogen and oxygen atoms in total. The third kappa shape index (κ3) is 3.78. The molecule has 0 radical (unpaired) electrons. The van der Waals surface area contributed by atoms with Gasteiger partial charge in [0.15, 0.2) is 0 Å². The molecule has 0 aromatic heterocycles. The SMILES string of the molecule is CN(C)c1cccc(-c2ccc3c(c2)CCN(S(=O)(=O)c2ccc4ccccc4c2)C3)c1. The lowest BCUT2D eigenvalue weighted by atomic mass is 9.95. The van der Waals surface area contributed by atoms with Gasteiger partial charge in [-0.3, -0.25) is 0 Å². The van der Waals surface area contributed by atoms with E-state index in [1.165, 1.54) is 16.7 Å². The molecule has 5 heteroatoms. The molecule has 162 valence electrons. The summed E-state index contributed by atoms with van der Waals surface area (Å²) in [7, 11) is 0.531. The molecular formula is C27H26N2O2S. The zero-order valence-corrected chi connectivity index (χ0v) is 19.1. The molecule has 0 N–H and O–H groups in total. The molecule has 1 aliphatic heterocycles. The van der Waals surface area contributed by atoms with Gasteiger partial charge in [-0.25, -0.2) is 8.42 Å². The van der Waals surface area contributed by atoms with Gasteiger partial charge in [-0.2, -0.15) is 4.31 Å². The first-order valence-electron chi connectivity index (χ1n) is 10.8. The summed E-state index contributed by atoms with van der Waals surface area (Å²) in [6, 6.07) is 28.1. The summed E-state index contributed by atoms with van der Waals surface area (Å²) in [5.74, 6) is 0. The van der Waals surface area contributed by atoms with E-state index < -0.39 is 10.0 Å². The fourth-order valence-corrected chi connectivity index (χ4v) is 5.81. The van der Waals surface area contributed by atoms with Crippen molar-refractivity contribution in [3.63, 3.8) is 0 Å². The quantitative estimate of drug-likeness (QED) is 0.429. The van der Waals surface area contributed by atoms with Gasteiger partial charge in [-0.15, -0.1) is 0 Å². The zero-order valence-electron chi connectivity index (χ0n) is 18.3. The van der Waals surface area contributed by atoms with Crippen molar-refractivity contribution in [2.75, 3.05) is 25.5 Å². The van der Waals surface area contributed by atoms with Gasteiger partial charge in [0.2, 0.25) is 10.0 Å². The Morgan fingerprint density at radius 1 is 0.750 bits per heavy atom. The average Bonchev–Trinajstić information content (AvgIpc) is 2.83. The van der Waals surface area contributed by atoms with Gasteiger partial charge in [0.1, 0.15) is 0 Å². The van der Waals surface area contributed by atoms with E-state index >= 15 is 0 Å². The summed E-state index contributed by atoms with van der Waals surface area (Å²) >= 11 is 0. The Hall–Kier alpha value is -3.15. The van der Waals surface area contributed by atoms with Crippen LogP contribution < -0.4 is 4.90 Å². The maximum atomic E-state index is 13.4. The first kappa shape index (κ1) is 20.7. The maximum absolute atomic E-state index is 13.4. The van der Waals surface area contributed by atoms with Crippen molar-refractivity contribution in [2.24, 2.45) is 0 Å². The molecule has 5 rings (SSSR count). The highest BCUT2D eigenvalue weighted by molar-refractivity contribution is 7.89. The lowest BCUT2D eigenvalue weighted by molar-refractivity contribution is 0.391. The molecule has 0 aliphatic carbocycles. The van der Waals surface area contributed by atoms with Crippen LogP contribution in [0.5, 0.6) is 0 Å². The van der Waals surface area contributed by atoms with Gasteiger partial charge >= 0.3 is 0 Å². The van der Waals surface area contributed by atoms with Crippen LogP contribution in [0.1, 0.15) is 11.1 Å². The van der Waals surface area contributed by atoms with E-state index in [-0.39, 0.29) is 0 Å². The second-order valence-corrected chi connectivity index (χ2v) is 10.5. The number of hydrogen-bond donors (Lipinski definition) is 0. The van der Waals surface area contributed by atoms with Crippen molar-refractivity contribution in [2.45, 2.75) is 17.9 Å². The molecule has 4 aromatic carbocycles. The van der Waals surface area contributed by atoms with Crippen LogP contribution in [0.4, 0.5) is 5.69 Å². The minimum atomic E-state index is -3.55. The van der Waals surface area contributed by atoms with Crippen LogP contribution in [0.3, 0.4) is 0 Å². The first-order valence-corrected chi connectivity index (χ1v) is 12.2. The van der Waals surface area contributed by atoms with Crippen molar-refractivity contribution < 1.29 is 8.42 Å². The standard InChI is InChI=1S/C27H26N2O2S/c1-28(2)26-9-5-8-21(17-26)23-10-11-25-19-29(15-14-24(25)16-23)32(30,31)27-13-12-20-6-3-4-7-22(20)18-27/h3-13,16-18H,14-15,19H2,1-2H3. The van der Waals surface area contributed by atoms with E-state index in [2.05, 4.69) is 47.4 Å². The molecule has 0 atom stereocenters. The van der Waals surface area contributed by atoms with Crippen LogP contribution in [-0.2, 0) is 23.0 Å². The Balaban J connectivity index is 1.42. The molecule has 32 heavy (non-hydrogen) atoms. The van der Waals surface area contributed by atoms with Crippen LogP contribution in [0.2, 0.25) is 0 Å². The predicted molar refractivity (Wildman–Crippen MR) is 131 cm³/mol. The Labute approximate surface area is 189 Å². The van der Waals surface area contributed by atoms with Crippen LogP contribution in [-0.4, -0.2) is 33.4 Å². The van der Waals surface area contributed by atoms with E-state index in [0.717, 1.165) is 22.0 Å². The first-order chi connectivity index (χ1) is 15.4. The van der Waals surface area contributed by atoms with Gasteiger partial charge in [0.25, 0.3) is 0 Å². The van der Waals surface area contributed by atoms with Crippen LogP contribution in [0.25, 0.3) is 21.9 Å². The van der Waals surface area contributed by atoms with Crippen LogP contribution >= 0.6 is 0 Å². The summed E-state index contributed by atoms with van der Waals surface area (Å²) in [4.78, 5) is 2.45. The molecule has 1 aliphatic rings. The van der Waals surface area contributed by atoms with Crippen molar-refractivity contribution in [1.29, 1.82) is 0 Å².